The van der Waals surface area contributed by atoms with Crippen LogP contribution in [0.2, 0.25) is 0 Å². The predicted octanol–water partition coefficient (Wildman–Crippen LogP) is 3.53. The lowest BCUT2D eigenvalue weighted by Gasteiger charge is -2.15. The van der Waals surface area contributed by atoms with E-state index in [-0.39, 0.29) is 6.04 Å². The lowest BCUT2D eigenvalue weighted by Crippen LogP contribution is -2.12. The second kappa shape index (κ2) is 6.29. The Bertz CT molecular complexity index is 417. The Labute approximate surface area is 116 Å². The van der Waals surface area contributed by atoms with Crippen molar-refractivity contribution in [2.45, 2.75) is 39.7 Å². The average Bonchev–Trinajstić information content (AvgIpc) is 2.58. The Morgan fingerprint density at radius 1 is 1.16 bits per heavy atom. The van der Waals surface area contributed by atoms with Crippen LogP contribution in [-0.2, 0) is 0 Å². The van der Waals surface area contributed by atoms with Crippen LogP contribution in [0.25, 0.3) is 0 Å². The van der Waals surface area contributed by atoms with E-state index in [0.29, 0.717) is 25.0 Å². The summed E-state index contributed by atoms with van der Waals surface area (Å²) in [6, 6.07) is 6.16. The summed E-state index contributed by atoms with van der Waals surface area (Å²) in [5, 5.41) is 0. The second-order valence-electron chi connectivity index (χ2n) is 6.01. The minimum Gasteiger partial charge on any atom is -0.489 e. The van der Waals surface area contributed by atoms with Gasteiger partial charge >= 0.3 is 0 Å². The quantitative estimate of drug-likeness (QED) is 0.903. The van der Waals surface area contributed by atoms with Crippen molar-refractivity contribution in [3.8, 4) is 11.5 Å². The highest BCUT2D eigenvalue weighted by atomic mass is 16.5. The summed E-state index contributed by atoms with van der Waals surface area (Å²) in [7, 11) is 0. The van der Waals surface area contributed by atoms with Gasteiger partial charge in [-0.25, -0.2) is 0 Å². The normalized spacial score (nSPS) is 20.2. The van der Waals surface area contributed by atoms with Gasteiger partial charge < -0.3 is 15.2 Å². The van der Waals surface area contributed by atoms with Gasteiger partial charge in [0.05, 0.1) is 13.2 Å². The number of nitrogens with two attached hydrogens (primary N) is 1. The van der Waals surface area contributed by atoms with Crippen LogP contribution < -0.4 is 15.2 Å². The summed E-state index contributed by atoms with van der Waals surface area (Å²) in [6.07, 6.45) is 2.15. The summed E-state index contributed by atoms with van der Waals surface area (Å²) in [4.78, 5) is 0. The zero-order valence-electron chi connectivity index (χ0n) is 12.2. The molecule has 0 saturated heterocycles. The molecule has 0 aromatic heterocycles. The Balaban J connectivity index is 2.08. The van der Waals surface area contributed by atoms with Crippen LogP contribution in [0.3, 0.4) is 0 Å². The van der Waals surface area contributed by atoms with Crippen LogP contribution >= 0.6 is 0 Å². The van der Waals surface area contributed by atoms with Gasteiger partial charge in [0.2, 0.25) is 0 Å². The third-order valence-electron chi connectivity index (χ3n) is 3.50. The topological polar surface area (TPSA) is 44.5 Å². The first-order valence-corrected chi connectivity index (χ1v) is 7.21. The number of hydrogen-bond donors (Lipinski definition) is 1. The van der Waals surface area contributed by atoms with E-state index >= 15 is 0 Å². The van der Waals surface area contributed by atoms with Crippen LogP contribution in [0.1, 0.15) is 45.2 Å². The van der Waals surface area contributed by atoms with Crippen LogP contribution in [0.4, 0.5) is 0 Å². The maximum absolute atomic E-state index is 6.25. The molecule has 1 aromatic rings. The monoisotopic (exact) mass is 263 g/mol. The van der Waals surface area contributed by atoms with E-state index in [1.54, 1.807) is 0 Å². The van der Waals surface area contributed by atoms with Gasteiger partial charge in [-0.15, -0.1) is 0 Å². The van der Waals surface area contributed by atoms with Crippen molar-refractivity contribution in [1.82, 2.24) is 0 Å². The highest BCUT2D eigenvalue weighted by Crippen LogP contribution is 2.33. The van der Waals surface area contributed by atoms with Gasteiger partial charge in [0.15, 0.2) is 11.5 Å². The molecule has 2 unspecified atom stereocenters. The molecule has 0 amide bonds. The van der Waals surface area contributed by atoms with Gasteiger partial charge in [0, 0.05) is 12.0 Å². The van der Waals surface area contributed by atoms with Crippen LogP contribution in [0.15, 0.2) is 18.2 Å². The largest absolute Gasteiger partial charge is 0.489 e. The summed E-state index contributed by atoms with van der Waals surface area (Å²) in [5.41, 5.74) is 7.38. The minimum atomic E-state index is 0.0805. The number of rotatable bonds is 4. The molecule has 2 rings (SSSR count). The van der Waals surface area contributed by atoms with E-state index in [4.69, 9.17) is 15.2 Å². The Kier molecular flexibility index (Phi) is 4.70. The fourth-order valence-electron chi connectivity index (χ4n) is 2.18. The van der Waals surface area contributed by atoms with Crippen LogP contribution in [-0.4, -0.2) is 13.2 Å². The highest BCUT2D eigenvalue weighted by Gasteiger charge is 2.17. The second-order valence-corrected chi connectivity index (χ2v) is 6.01. The molecule has 0 aliphatic carbocycles. The Morgan fingerprint density at radius 3 is 2.53 bits per heavy atom. The van der Waals surface area contributed by atoms with Crippen molar-refractivity contribution in [2.75, 3.05) is 13.2 Å². The molecular weight excluding hydrogens is 238 g/mol. The fraction of sp³-hybridized carbons (Fsp3) is 0.625. The van der Waals surface area contributed by atoms with Crippen molar-refractivity contribution in [2.24, 2.45) is 17.6 Å². The highest BCUT2D eigenvalue weighted by molar-refractivity contribution is 5.44. The van der Waals surface area contributed by atoms with Gasteiger partial charge in [-0.1, -0.05) is 26.8 Å². The van der Waals surface area contributed by atoms with Crippen LogP contribution in [0.5, 0.6) is 11.5 Å². The SMILES string of the molecule is CC(C)CCC(N)c1ccc2c(c1)OCC(C)CO2. The molecule has 1 aromatic carbocycles. The van der Waals surface area contributed by atoms with E-state index in [1.165, 1.54) is 0 Å². The first-order valence-electron chi connectivity index (χ1n) is 7.21. The van der Waals surface area contributed by atoms with E-state index < -0.39 is 0 Å². The maximum atomic E-state index is 6.25. The molecule has 1 aliphatic rings. The maximum Gasteiger partial charge on any atom is 0.161 e. The van der Waals surface area contributed by atoms with Gasteiger partial charge in [0.1, 0.15) is 0 Å². The standard InChI is InChI=1S/C16H25NO2/c1-11(2)4-6-14(17)13-5-7-15-16(8-13)19-10-12(3)9-18-15/h5,7-8,11-12,14H,4,6,9-10,17H2,1-3H3. The molecule has 106 valence electrons. The molecule has 0 radical (unpaired) electrons. The van der Waals surface area contributed by atoms with Crippen molar-refractivity contribution >= 4 is 0 Å². The summed E-state index contributed by atoms with van der Waals surface area (Å²) in [5.74, 6) is 2.78. The van der Waals surface area contributed by atoms with Crippen molar-refractivity contribution in [3.05, 3.63) is 23.8 Å². The van der Waals surface area contributed by atoms with Crippen molar-refractivity contribution in [1.29, 1.82) is 0 Å². The number of fused-ring (bicyclic) bond motifs is 1. The van der Waals surface area contributed by atoms with Gasteiger partial charge in [-0.3, -0.25) is 0 Å². The fourth-order valence-corrected chi connectivity index (χ4v) is 2.18. The third kappa shape index (κ3) is 3.87. The molecule has 1 heterocycles. The zero-order chi connectivity index (χ0) is 13.8. The van der Waals surface area contributed by atoms with E-state index in [0.717, 1.165) is 29.9 Å². The molecular formula is C16H25NO2. The first-order chi connectivity index (χ1) is 9.06. The molecule has 0 spiro atoms. The zero-order valence-corrected chi connectivity index (χ0v) is 12.2. The van der Waals surface area contributed by atoms with E-state index in [9.17, 15) is 0 Å². The van der Waals surface area contributed by atoms with Gasteiger partial charge in [-0.2, -0.15) is 0 Å². The molecule has 19 heavy (non-hydrogen) atoms. The van der Waals surface area contributed by atoms with E-state index in [1.807, 2.05) is 12.1 Å². The predicted molar refractivity (Wildman–Crippen MR) is 77.6 cm³/mol. The lowest BCUT2D eigenvalue weighted by molar-refractivity contribution is 0.228. The smallest absolute Gasteiger partial charge is 0.161 e. The molecule has 0 saturated carbocycles. The van der Waals surface area contributed by atoms with Gasteiger partial charge in [-0.05, 0) is 36.5 Å². The lowest BCUT2D eigenvalue weighted by atomic mass is 9.98. The molecule has 2 atom stereocenters. The summed E-state index contributed by atoms with van der Waals surface area (Å²) < 4.78 is 11.5. The molecule has 3 heteroatoms. The van der Waals surface area contributed by atoms with Crippen LogP contribution in [0, 0.1) is 11.8 Å². The molecule has 0 bridgehead atoms. The molecule has 2 N–H and O–H groups in total. The summed E-state index contributed by atoms with van der Waals surface area (Å²) in [6.45, 7) is 7.99. The number of hydrogen-bond acceptors (Lipinski definition) is 3. The Hall–Kier alpha value is -1.22. The molecule has 3 nitrogen and oxygen atoms in total. The minimum absolute atomic E-state index is 0.0805. The average molecular weight is 263 g/mol. The Morgan fingerprint density at radius 2 is 1.84 bits per heavy atom. The van der Waals surface area contributed by atoms with Crippen molar-refractivity contribution < 1.29 is 9.47 Å². The molecule has 1 aliphatic heterocycles. The number of ether oxygens (including phenoxy) is 2. The van der Waals surface area contributed by atoms with Crippen molar-refractivity contribution in [3.63, 3.8) is 0 Å². The third-order valence-corrected chi connectivity index (χ3v) is 3.50. The van der Waals surface area contributed by atoms with E-state index in [2.05, 4.69) is 26.8 Å². The summed E-state index contributed by atoms with van der Waals surface area (Å²) >= 11 is 0. The molecule has 0 fully saturated rings. The van der Waals surface area contributed by atoms with Gasteiger partial charge in [0.25, 0.3) is 0 Å². The number of benzene rings is 1. The first kappa shape index (κ1) is 14.2.